The molecule has 0 N–H and O–H groups in total. The minimum Gasteiger partial charge on any atom is -0.367 e. The van der Waals surface area contributed by atoms with Gasteiger partial charge in [-0.05, 0) is 32.3 Å². The van der Waals surface area contributed by atoms with E-state index in [1.807, 2.05) is 35.2 Å². The second-order valence-corrected chi connectivity index (χ2v) is 6.85. The summed E-state index contributed by atoms with van der Waals surface area (Å²) in [6, 6.07) is 10.2. The number of carbonyl (C=O) groups is 1. The Bertz CT molecular complexity index is 684. The number of aromatic nitrogens is 3. The SMILES string of the molecule is CC(C)n1cnnc1[C@H]1CCCN(C(=O)COCc2ccccc2)C1. The molecule has 3 rings (SSSR count). The lowest BCUT2D eigenvalue weighted by Crippen LogP contribution is -2.41. The number of hydrogen-bond acceptors (Lipinski definition) is 4. The van der Waals surface area contributed by atoms with Crippen LogP contribution in [0.3, 0.4) is 0 Å². The fourth-order valence-electron chi connectivity index (χ4n) is 3.28. The summed E-state index contributed by atoms with van der Waals surface area (Å²) in [5, 5.41) is 8.36. The highest BCUT2D eigenvalue weighted by Crippen LogP contribution is 2.27. The van der Waals surface area contributed by atoms with E-state index in [-0.39, 0.29) is 18.4 Å². The van der Waals surface area contributed by atoms with Crippen LogP contribution in [0.15, 0.2) is 36.7 Å². The number of likely N-dealkylation sites (tertiary alicyclic amines) is 1. The van der Waals surface area contributed by atoms with E-state index < -0.39 is 0 Å². The second-order valence-electron chi connectivity index (χ2n) is 6.85. The Morgan fingerprint density at radius 2 is 2.12 bits per heavy atom. The topological polar surface area (TPSA) is 60.2 Å². The molecule has 0 radical (unpaired) electrons. The Morgan fingerprint density at radius 3 is 2.88 bits per heavy atom. The van der Waals surface area contributed by atoms with E-state index in [1.54, 1.807) is 6.33 Å². The van der Waals surface area contributed by atoms with Gasteiger partial charge in [-0.3, -0.25) is 4.79 Å². The number of ether oxygens (including phenoxy) is 1. The van der Waals surface area contributed by atoms with Crippen LogP contribution in [0.2, 0.25) is 0 Å². The van der Waals surface area contributed by atoms with Gasteiger partial charge in [0.15, 0.2) is 0 Å². The van der Waals surface area contributed by atoms with Crippen molar-refractivity contribution in [2.75, 3.05) is 19.7 Å². The maximum atomic E-state index is 12.5. The Balaban J connectivity index is 1.54. The lowest BCUT2D eigenvalue weighted by molar-refractivity contribution is -0.137. The fourth-order valence-corrected chi connectivity index (χ4v) is 3.28. The van der Waals surface area contributed by atoms with Crippen LogP contribution >= 0.6 is 0 Å². The van der Waals surface area contributed by atoms with Crippen LogP contribution in [0.4, 0.5) is 0 Å². The molecular formula is C19H26N4O2. The van der Waals surface area contributed by atoms with Gasteiger partial charge in [0.25, 0.3) is 0 Å². The van der Waals surface area contributed by atoms with Gasteiger partial charge in [-0.25, -0.2) is 0 Å². The monoisotopic (exact) mass is 342 g/mol. The molecule has 0 bridgehead atoms. The highest BCUT2D eigenvalue weighted by molar-refractivity contribution is 5.77. The van der Waals surface area contributed by atoms with Crippen molar-refractivity contribution in [3.63, 3.8) is 0 Å². The summed E-state index contributed by atoms with van der Waals surface area (Å²) in [6.07, 6.45) is 3.81. The van der Waals surface area contributed by atoms with Gasteiger partial charge in [0.1, 0.15) is 18.8 Å². The summed E-state index contributed by atoms with van der Waals surface area (Å²) in [4.78, 5) is 14.4. The molecule has 6 nitrogen and oxygen atoms in total. The minimum absolute atomic E-state index is 0.0521. The molecule has 1 saturated heterocycles. The number of piperidine rings is 1. The third kappa shape index (κ3) is 4.45. The lowest BCUT2D eigenvalue weighted by Gasteiger charge is -2.32. The largest absolute Gasteiger partial charge is 0.367 e. The fraction of sp³-hybridized carbons (Fsp3) is 0.526. The molecule has 2 heterocycles. The number of rotatable bonds is 6. The van der Waals surface area contributed by atoms with Crippen LogP contribution in [-0.4, -0.2) is 45.3 Å². The highest BCUT2D eigenvalue weighted by Gasteiger charge is 2.28. The van der Waals surface area contributed by atoms with E-state index in [0.29, 0.717) is 19.2 Å². The maximum absolute atomic E-state index is 12.5. The first-order valence-corrected chi connectivity index (χ1v) is 8.94. The molecule has 0 unspecified atom stereocenters. The van der Waals surface area contributed by atoms with E-state index in [0.717, 1.165) is 30.8 Å². The molecule has 1 aromatic carbocycles. The van der Waals surface area contributed by atoms with E-state index in [1.165, 1.54) is 0 Å². The molecule has 1 aliphatic heterocycles. The van der Waals surface area contributed by atoms with Crippen molar-refractivity contribution < 1.29 is 9.53 Å². The number of amides is 1. The van der Waals surface area contributed by atoms with Crippen LogP contribution in [0.25, 0.3) is 0 Å². The zero-order chi connectivity index (χ0) is 17.6. The van der Waals surface area contributed by atoms with Crippen LogP contribution < -0.4 is 0 Å². The molecule has 0 saturated carbocycles. The lowest BCUT2D eigenvalue weighted by atomic mass is 9.97. The minimum atomic E-state index is 0.0521. The predicted octanol–water partition coefficient (Wildman–Crippen LogP) is 2.78. The molecule has 1 aliphatic rings. The molecule has 1 amide bonds. The molecule has 25 heavy (non-hydrogen) atoms. The Labute approximate surface area is 148 Å². The number of hydrogen-bond donors (Lipinski definition) is 0. The first-order valence-electron chi connectivity index (χ1n) is 8.94. The van der Waals surface area contributed by atoms with E-state index in [2.05, 4.69) is 28.6 Å². The van der Waals surface area contributed by atoms with Gasteiger partial charge in [-0.2, -0.15) is 0 Å². The summed E-state index contributed by atoms with van der Waals surface area (Å²) >= 11 is 0. The van der Waals surface area contributed by atoms with Crippen molar-refractivity contribution in [3.05, 3.63) is 48.0 Å². The molecule has 1 aromatic heterocycles. The van der Waals surface area contributed by atoms with E-state index in [9.17, 15) is 4.79 Å². The Morgan fingerprint density at radius 1 is 1.32 bits per heavy atom. The van der Waals surface area contributed by atoms with Crippen molar-refractivity contribution in [2.45, 2.75) is 45.3 Å². The van der Waals surface area contributed by atoms with Crippen LogP contribution in [0.5, 0.6) is 0 Å². The van der Waals surface area contributed by atoms with Gasteiger partial charge in [0.05, 0.1) is 6.61 Å². The van der Waals surface area contributed by atoms with Crippen LogP contribution in [-0.2, 0) is 16.1 Å². The first-order chi connectivity index (χ1) is 12.1. The van der Waals surface area contributed by atoms with E-state index in [4.69, 9.17) is 4.74 Å². The average molecular weight is 342 g/mol. The van der Waals surface area contributed by atoms with Gasteiger partial charge in [0.2, 0.25) is 5.91 Å². The molecule has 0 spiro atoms. The van der Waals surface area contributed by atoms with Crippen molar-refractivity contribution in [2.24, 2.45) is 0 Å². The quantitative estimate of drug-likeness (QED) is 0.810. The summed E-state index contributed by atoms with van der Waals surface area (Å²) in [5.74, 6) is 1.28. The Kier molecular flexibility index (Phi) is 5.81. The Hall–Kier alpha value is -2.21. The number of carbonyl (C=O) groups excluding carboxylic acids is 1. The first kappa shape index (κ1) is 17.6. The predicted molar refractivity (Wildman–Crippen MR) is 95.1 cm³/mol. The van der Waals surface area contributed by atoms with Crippen molar-refractivity contribution in [1.82, 2.24) is 19.7 Å². The molecule has 134 valence electrons. The van der Waals surface area contributed by atoms with Gasteiger partial charge >= 0.3 is 0 Å². The number of nitrogens with zero attached hydrogens (tertiary/aromatic N) is 4. The average Bonchev–Trinajstić information content (AvgIpc) is 3.13. The second kappa shape index (κ2) is 8.25. The van der Waals surface area contributed by atoms with Gasteiger partial charge in [0, 0.05) is 25.0 Å². The summed E-state index contributed by atoms with van der Waals surface area (Å²) in [7, 11) is 0. The van der Waals surface area contributed by atoms with Crippen molar-refractivity contribution >= 4 is 5.91 Å². The van der Waals surface area contributed by atoms with Crippen molar-refractivity contribution in [1.29, 1.82) is 0 Å². The standard InChI is InChI=1S/C19H26N4O2/c1-15(2)23-14-20-21-19(23)17-9-6-10-22(11-17)18(24)13-25-12-16-7-4-3-5-8-16/h3-5,7-8,14-15,17H,6,9-13H2,1-2H3/t17-/m0/s1. The van der Waals surface area contributed by atoms with Crippen molar-refractivity contribution in [3.8, 4) is 0 Å². The van der Waals surface area contributed by atoms with Gasteiger partial charge in [-0.15, -0.1) is 10.2 Å². The van der Waals surface area contributed by atoms with Crippen LogP contribution in [0.1, 0.15) is 50.0 Å². The normalized spacial score (nSPS) is 17.9. The zero-order valence-electron chi connectivity index (χ0n) is 15.0. The summed E-state index contributed by atoms with van der Waals surface area (Å²) in [6.45, 7) is 6.31. The zero-order valence-corrected chi connectivity index (χ0v) is 15.0. The third-order valence-electron chi connectivity index (χ3n) is 4.63. The molecule has 1 atom stereocenters. The van der Waals surface area contributed by atoms with Crippen LogP contribution in [0, 0.1) is 0 Å². The summed E-state index contributed by atoms with van der Waals surface area (Å²) in [5.41, 5.74) is 1.08. The molecule has 6 heteroatoms. The molecule has 2 aromatic rings. The number of benzene rings is 1. The molecular weight excluding hydrogens is 316 g/mol. The van der Waals surface area contributed by atoms with E-state index >= 15 is 0 Å². The molecule has 0 aliphatic carbocycles. The third-order valence-corrected chi connectivity index (χ3v) is 4.63. The molecule has 1 fully saturated rings. The smallest absolute Gasteiger partial charge is 0.248 e. The van der Waals surface area contributed by atoms with Gasteiger partial charge < -0.3 is 14.2 Å². The summed E-state index contributed by atoms with van der Waals surface area (Å²) < 4.78 is 7.70. The highest BCUT2D eigenvalue weighted by atomic mass is 16.5. The maximum Gasteiger partial charge on any atom is 0.248 e. The van der Waals surface area contributed by atoms with Gasteiger partial charge in [-0.1, -0.05) is 30.3 Å².